The Morgan fingerprint density at radius 1 is 1.25 bits per heavy atom. The van der Waals surface area contributed by atoms with Gasteiger partial charge in [0.25, 0.3) is 0 Å². The molecule has 0 bridgehead atoms. The van der Waals surface area contributed by atoms with E-state index in [1.54, 1.807) is 0 Å². The molecule has 0 aromatic rings. The fraction of sp³-hybridized carbons (Fsp3) is 0.944. The van der Waals surface area contributed by atoms with E-state index in [-0.39, 0.29) is 30.7 Å². The number of hydrogen-bond acceptors (Lipinski definition) is 3. The summed E-state index contributed by atoms with van der Waals surface area (Å²) in [5, 5.41) is 6.60. The van der Waals surface area contributed by atoms with Crippen LogP contribution in [0.15, 0.2) is 0 Å². The lowest BCUT2D eigenvalue weighted by molar-refractivity contribution is -0.122. The summed E-state index contributed by atoms with van der Waals surface area (Å²) in [7, 11) is 0. The number of rotatable bonds is 7. The van der Waals surface area contributed by atoms with Crippen LogP contribution in [0.25, 0.3) is 0 Å². The van der Waals surface area contributed by atoms with Crippen LogP contribution in [0.5, 0.6) is 0 Å². The molecule has 2 aliphatic heterocycles. The van der Waals surface area contributed by atoms with Crippen molar-refractivity contribution in [1.29, 1.82) is 0 Å². The van der Waals surface area contributed by atoms with Gasteiger partial charge >= 0.3 is 0 Å². The van der Waals surface area contributed by atoms with Crippen molar-refractivity contribution in [2.45, 2.75) is 52.4 Å². The van der Waals surface area contributed by atoms with Gasteiger partial charge in [0.15, 0.2) is 0 Å². The zero-order valence-electron chi connectivity index (χ0n) is 15.4. The molecule has 0 aliphatic carbocycles. The quantitative estimate of drug-likeness (QED) is 0.711. The number of carbonyl (C=O) groups excluding carboxylic acids is 1. The minimum Gasteiger partial charge on any atom is -0.356 e. The Bertz CT molecular complexity index is 330. The van der Waals surface area contributed by atoms with E-state index in [1.165, 1.54) is 45.3 Å². The van der Waals surface area contributed by atoms with E-state index in [9.17, 15) is 4.79 Å². The predicted octanol–water partition coefficient (Wildman–Crippen LogP) is 3.09. The minimum atomic E-state index is 0. The van der Waals surface area contributed by atoms with Gasteiger partial charge in [0.2, 0.25) is 5.91 Å². The maximum atomic E-state index is 12.1. The highest BCUT2D eigenvalue weighted by atomic mass is 35.5. The van der Waals surface area contributed by atoms with Crippen molar-refractivity contribution in [2.75, 3.05) is 39.3 Å². The first kappa shape index (κ1) is 24.0. The lowest BCUT2D eigenvalue weighted by atomic mass is 9.85. The minimum absolute atomic E-state index is 0. The van der Waals surface area contributed by atoms with Gasteiger partial charge < -0.3 is 15.5 Å². The zero-order valence-corrected chi connectivity index (χ0v) is 17.0. The third kappa shape index (κ3) is 8.37. The molecular weight excluding hydrogens is 345 g/mol. The molecule has 2 atom stereocenters. The molecule has 0 saturated carbocycles. The van der Waals surface area contributed by atoms with Crippen molar-refractivity contribution in [1.82, 2.24) is 15.5 Å². The maximum absolute atomic E-state index is 12.1. The fourth-order valence-corrected chi connectivity index (χ4v) is 3.90. The number of nitrogens with one attached hydrogen (secondary N) is 2. The van der Waals surface area contributed by atoms with E-state index >= 15 is 0 Å². The average Bonchev–Trinajstić information content (AvgIpc) is 2.56. The Labute approximate surface area is 160 Å². The normalized spacial score (nSPS) is 23.7. The van der Waals surface area contributed by atoms with Gasteiger partial charge in [-0.1, -0.05) is 13.8 Å². The van der Waals surface area contributed by atoms with Crippen molar-refractivity contribution in [2.24, 2.45) is 17.8 Å². The maximum Gasteiger partial charge on any atom is 0.220 e. The summed E-state index contributed by atoms with van der Waals surface area (Å²) in [5.41, 5.74) is 0. The number of amides is 1. The molecule has 0 aromatic heterocycles. The van der Waals surface area contributed by atoms with Gasteiger partial charge in [-0.25, -0.2) is 0 Å². The largest absolute Gasteiger partial charge is 0.356 e. The Kier molecular flexibility index (Phi) is 13.2. The highest BCUT2D eigenvalue weighted by Crippen LogP contribution is 2.22. The third-order valence-electron chi connectivity index (χ3n) is 5.68. The zero-order chi connectivity index (χ0) is 15.8. The van der Waals surface area contributed by atoms with Crippen LogP contribution in [-0.4, -0.2) is 50.1 Å². The summed E-state index contributed by atoms with van der Waals surface area (Å²) >= 11 is 0. The van der Waals surface area contributed by atoms with Crippen LogP contribution >= 0.6 is 24.8 Å². The molecule has 1 amide bonds. The first-order chi connectivity index (χ1) is 10.7. The Hall–Kier alpha value is -0.0300. The van der Waals surface area contributed by atoms with Crippen molar-refractivity contribution in [3.8, 4) is 0 Å². The highest BCUT2D eigenvalue weighted by Gasteiger charge is 2.22. The smallest absolute Gasteiger partial charge is 0.220 e. The van der Waals surface area contributed by atoms with E-state index in [0.717, 1.165) is 32.0 Å². The van der Waals surface area contributed by atoms with Crippen LogP contribution in [0.1, 0.15) is 52.4 Å². The predicted molar refractivity (Wildman–Crippen MR) is 106 cm³/mol. The molecule has 24 heavy (non-hydrogen) atoms. The van der Waals surface area contributed by atoms with Crippen LogP contribution in [0.2, 0.25) is 0 Å². The van der Waals surface area contributed by atoms with Gasteiger partial charge in [-0.2, -0.15) is 0 Å². The molecule has 144 valence electrons. The monoisotopic (exact) mass is 381 g/mol. The molecule has 2 N–H and O–H groups in total. The van der Waals surface area contributed by atoms with Gasteiger partial charge in [-0.15, -0.1) is 24.8 Å². The first-order valence-electron chi connectivity index (χ1n) is 9.38. The molecule has 2 saturated heterocycles. The molecule has 2 aliphatic rings. The Morgan fingerprint density at radius 3 is 2.54 bits per heavy atom. The van der Waals surface area contributed by atoms with Crippen LogP contribution < -0.4 is 10.6 Å². The van der Waals surface area contributed by atoms with Crippen LogP contribution in [-0.2, 0) is 4.79 Å². The van der Waals surface area contributed by atoms with Crippen LogP contribution in [0, 0.1) is 17.8 Å². The van der Waals surface area contributed by atoms with Crippen molar-refractivity contribution >= 4 is 30.7 Å². The Morgan fingerprint density at radius 2 is 1.96 bits per heavy atom. The summed E-state index contributed by atoms with van der Waals surface area (Å²) in [4.78, 5) is 14.6. The summed E-state index contributed by atoms with van der Waals surface area (Å²) in [5.74, 6) is 2.24. The number of nitrogens with zero attached hydrogens (tertiary/aromatic N) is 1. The summed E-state index contributed by atoms with van der Waals surface area (Å²) in [6, 6.07) is 0. The molecule has 4 nitrogen and oxygen atoms in total. The molecule has 2 unspecified atom stereocenters. The lowest BCUT2D eigenvalue weighted by Crippen LogP contribution is -2.37. The molecule has 0 radical (unpaired) electrons. The van der Waals surface area contributed by atoms with E-state index < -0.39 is 0 Å². The molecular formula is C18H37Cl2N3O. The molecule has 2 fully saturated rings. The SMILES string of the molecule is CCN1CCC(CCNC(=O)CC(C)C2CCCNC2)CC1.Cl.Cl. The van der Waals surface area contributed by atoms with Gasteiger partial charge in [-0.05, 0) is 82.6 Å². The molecule has 2 rings (SSSR count). The van der Waals surface area contributed by atoms with E-state index in [2.05, 4.69) is 29.4 Å². The lowest BCUT2D eigenvalue weighted by Gasteiger charge is -2.31. The van der Waals surface area contributed by atoms with Crippen molar-refractivity contribution < 1.29 is 4.79 Å². The number of likely N-dealkylation sites (tertiary alicyclic amines) is 1. The molecule has 2 heterocycles. The van der Waals surface area contributed by atoms with Crippen LogP contribution in [0.3, 0.4) is 0 Å². The van der Waals surface area contributed by atoms with E-state index in [0.29, 0.717) is 18.3 Å². The Balaban J connectivity index is 0.00000264. The second-order valence-electron chi connectivity index (χ2n) is 7.30. The highest BCUT2D eigenvalue weighted by molar-refractivity contribution is 5.85. The summed E-state index contributed by atoms with van der Waals surface area (Å²) in [6.07, 6.45) is 6.98. The van der Waals surface area contributed by atoms with Gasteiger partial charge in [0, 0.05) is 13.0 Å². The topological polar surface area (TPSA) is 44.4 Å². The number of hydrogen-bond donors (Lipinski definition) is 2. The number of halogens is 2. The second-order valence-corrected chi connectivity index (χ2v) is 7.30. The van der Waals surface area contributed by atoms with E-state index in [1.807, 2.05) is 0 Å². The van der Waals surface area contributed by atoms with E-state index in [4.69, 9.17) is 0 Å². The third-order valence-corrected chi connectivity index (χ3v) is 5.68. The molecule has 6 heteroatoms. The van der Waals surface area contributed by atoms with Crippen LogP contribution in [0.4, 0.5) is 0 Å². The van der Waals surface area contributed by atoms with Crippen molar-refractivity contribution in [3.63, 3.8) is 0 Å². The molecule has 0 spiro atoms. The van der Waals surface area contributed by atoms with Gasteiger partial charge in [0.05, 0.1) is 0 Å². The standard InChI is InChI=1S/C18H35N3O.2ClH/c1-3-21-11-7-16(8-12-21)6-10-20-18(22)13-15(2)17-5-4-9-19-14-17;;/h15-17,19H,3-14H2,1-2H3,(H,20,22);2*1H. The van der Waals surface area contributed by atoms with Crippen molar-refractivity contribution in [3.05, 3.63) is 0 Å². The first-order valence-corrected chi connectivity index (χ1v) is 9.38. The van der Waals surface area contributed by atoms with Gasteiger partial charge in [-0.3, -0.25) is 4.79 Å². The second kappa shape index (κ2) is 13.2. The molecule has 0 aromatic carbocycles. The fourth-order valence-electron chi connectivity index (χ4n) is 3.90. The summed E-state index contributed by atoms with van der Waals surface area (Å²) in [6.45, 7) is 11.2. The number of piperidine rings is 2. The summed E-state index contributed by atoms with van der Waals surface area (Å²) < 4.78 is 0. The number of carbonyl (C=O) groups is 1. The van der Waals surface area contributed by atoms with Gasteiger partial charge in [0.1, 0.15) is 0 Å². The average molecular weight is 382 g/mol.